The lowest BCUT2D eigenvalue weighted by Gasteiger charge is -2.20. The number of aromatic nitrogens is 1. The molecule has 178 valence electrons. The molecule has 4 aromatic rings. The van der Waals surface area contributed by atoms with Crippen LogP contribution in [0, 0.1) is 0 Å². The Balaban J connectivity index is 1.75. The van der Waals surface area contributed by atoms with Crippen molar-refractivity contribution in [2.45, 2.75) is 19.3 Å². The van der Waals surface area contributed by atoms with Crippen molar-refractivity contribution in [1.82, 2.24) is 9.88 Å². The van der Waals surface area contributed by atoms with E-state index in [0.717, 1.165) is 11.6 Å². The minimum absolute atomic E-state index is 0.109. The molecule has 1 aromatic heterocycles. The summed E-state index contributed by atoms with van der Waals surface area (Å²) in [4.78, 5) is 25.9. The molecule has 0 radical (unpaired) electrons. The van der Waals surface area contributed by atoms with E-state index < -0.39 is 29.4 Å². The molecular formula is C28H23F3N2O2. The first kappa shape index (κ1) is 24.2. The Labute approximate surface area is 200 Å². The van der Waals surface area contributed by atoms with E-state index in [4.69, 9.17) is 0 Å². The van der Waals surface area contributed by atoms with Crippen molar-refractivity contribution in [1.29, 1.82) is 0 Å². The van der Waals surface area contributed by atoms with Gasteiger partial charge in [0.25, 0.3) is 5.56 Å². The molecule has 35 heavy (non-hydrogen) atoms. The molecule has 4 rings (SSSR count). The summed E-state index contributed by atoms with van der Waals surface area (Å²) in [5.41, 5.74) is -0.274. The maximum atomic E-state index is 14.1. The van der Waals surface area contributed by atoms with E-state index in [1.165, 1.54) is 4.57 Å². The first-order valence-corrected chi connectivity index (χ1v) is 11.1. The summed E-state index contributed by atoms with van der Waals surface area (Å²) >= 11 is 0. The maximum absolute atomic E-state index is 14.1. The van der Waals surface area contributed by atoms with E-state index in [-0.39, 0.29) is 24.6 Å². The van der Waals surface area contributed by atoms with Gasteiger partial charge in [-0.2, -0.15) is 13.2 Å². The molecule has 0 aliphatic rings. The van der Waals surface area contributed by atoms with Gasteiger partial charge in [0, 0.05) is 17.7 Å². The fraction of sp³-hybridized carbons (Fsp3) is 0.143. The summed E-state index contributed by atoms with van der Waals surface area (Å²) in [7, 11) is 0. The topological polar surface area (TPSA) is 51.1 Å². The molecule has 3 aromatic carbocycles. The largest absolute Gasteiger partial charge is 0.416 e. The monoisotopic (exact) mass is 476 g/mol. The van der Waals surface area contributed by atoms with Crippen LogP contribution in [0.25, 0.3) is 11.3 Å². The minimum Gasteiger partial charge on any atom is -0.305 e. The van der Waals surface area contributed by atoms with Crippen molar-refractivity contribution in [3.63, 3.8) is 0 Å². The Morgan fingerprint density at radius 3 is 2.00 bits per heavy atom. The van der Waals surface area contributed by atoms with Crippen molar-refractivity contribution in [3.05, 3.63) is 130 Å². The zero-order chi connectivity index (χ0) is 24.8. The molecule has 7 heteroatoms. The number of alkyl halides is 3. The molecule has 0 amide bonds. The zero-order valence-electron chi connectivity index (χ0n) is 18.8. The average molecular weight is 476 g/mol. The predicted octanol–water partition coefficient (Wildman–Crippen LogP) is 5.55. The summed E-state index contributed by atoms with van der Waals surface area (Å²) < 4.78 is 43.6. The highest BCUT2D eigenvalue weighted by Crippen LogP contribution is 2.34. The number of pyridine rings is 1. The van der Waals surface area contributed by atoms with E-state index in [1.807, 2.05) is 30.3 Å². The number of hydrogen-bond acceptors (Lipinski definition) is 3. The van der Waals surface area contributed by atoms with Gasteiger partial charge in [0.2, 0.25) is 0 Å². The summed E-state index contributed by atoms with van der Waals surface area (Å²) in [6.45, 7) is -0.478. The highest BCUT2D eigenvalue weighted by atomic mass is 19.4. The van der Waals surface area contributed by atoms with E-state index in [1.54, 1.807) is 60.7 Å². The van der Waals surface area contributed by atoms with Crippen LogP contribution >= 0.6 is 0 Å². The van der Waals surface area contributed by atoms with Crippen molar-refractivity contribution in [2.24, 2.45) is 0 Å². The van der Waals surface area contributed by atoms with Crippen LogP contribution in [0.5, 0.6) is 0 Å². The molecule has 4 nitrogen and oxygen atoms in total. The van der Waals surface area contributed by atoms with Gasteiger partial charge in [-0.3, -0.25) is 9.59 Å². The molecule has 1 N–H and O–H groups in total. The van der Waals surface area contributed by atoms with Gasteiger partial charge in [-0.25, -0.2) is 0 Å². The molecule has 0 unspecified atom stereocenters. The third-order valence-electron chi connectivity index (χ3n) is 5.64. The standard InChI is InChI=1S/C28H23F3N2O2/c29-28(30,31)24-16-25(21-12-6-2-7-13-21)33(19-20-10-4-1-5-11-20)27(35)23(24)17-32-18-26(34)22-14-8-3-9-15-22/h1-16,32H,17-19H2. The van der Waals surface area contributed by atoms with Gasteiger partial charge in [-0.05, 0) is 17.2 Å². The van der Waals surface area contributed by atoms with Crippen molar-refractivity contribution < 1.29 is 18.0 Å². The van der Waals surface area contributed by atoms with Crippen LogP contribution < -0.4 is 10.9 Å². The number of halogens is 3. The van der Waals surface area contributed by atoms with Crippen molar-refractivity contribution in [3.8, 4) is 11.3 Å². The summed E-state index contributed by atoms with van der Waals surface area (Å²) in [6, 6.07) is 27.1. The third kappa shape index (κ3) is 5.75. The minimum atomic E-state index is -4.74. The van der Waals surface area contributed by atoms with Gasteiger partial charge < -0.3 is 9.88 Å². The summed E-state index contributed by atoms with van der Waals surface area (Å²) in [5.74, 6) is -0.273. The van der Waals surface area contributed by atoms with Gasteiger partial charge in [-0.15, -0.1) is 0 Å². The van der Waals surface area contributed by atoms with Crippen LogP contribution in [-0.2, 0) is 19.3 Å². The first-order valence-electron chi connectivity index (χ1n) is 11.1. The van der Waals surface area contributed by atoms with Gasteiger partial charge in [0.1, 0.15) is 0 Å². The molecule has 0 aliphatic carbocycles. The van der Waals surface area contributed by atoms with Gasteiger partial charge >= 0.3 is 6.18 Å². The molecule has 0 aliphatic heterocycles. The third-order valence-corrected chi connectivity index (χ3v) is 5.64. The first-order chi connectivity index (χ1) is 16.8. The Morgan fingerprint density at radius 1 is 0.829 bits per heavy atom. The number of benzene rings is 3. The van der Waals surface area contributed by atoms with Crippen LogP contribution in [0.1, 0.15) is 27.0 Å². The fourth-order valence-electron chi connectivity index (χ4n) is 3.91. The van der Waals surface area contributed by atoms with Gasteiger partial charge in [0.05, 0.1) is 24.3 Å². The highest BCUT2D eigenvalue weighted by molar-refractivity contribution is 5.97. The Morgan fingerprint density at radius 2 is 1.40 bits per heavy atom. The smallest absolute Gasteiger partial charge is 0.305 e. The summed E-state index contributed by atoms with van der Waals surface area (Å²) in [5, 5.41) is 2.74. The predicted molar refractivity (Wildman–Crippen MR) is 129 cm³/mol. The number of nitrogens with zero attached hydrogens (tertiary/aromatic N) is 1. The number of nitrogens with one attached hydrogen (secondary N) is 1. The van der Waals surface area contributed by atoms with Gasteiger partial charge in [-0.1, -0.05) is 91.0 Å². The van der Waals surface area contributed by atoms with E-state index in [2.05, 4.69) is 5.32 Å². The van der Waals surface area contributed by atoms with Crippen LogP contribution in [0.15, 0.2) is 102 Å². The number of rotatable bonds is 8. The van der Waals surface area contributed by atoms with E-state index in [0.29, 0.717) is 11.1 Å². The number of ketones is 1. The lowest BCUT2D eigenvalue weighted by molar-refractivity contribution is -0.138. The molecule has 0 saturated heterocycles. The second-order valence-electron chi connectivity index (χ2n) is 8.06. The quantitative estimate of drug-likeness (QED) is 0.339. The van der Waals surface area contributed by atoms with Crippen LogP contribution in [0.3, 0.4) is 0 Å². The van der Waals surface area contributed by atoms with E-state index >= 15 is 0 Å². The maximum Gasteiger partial charge on any atom is 0.416 e. The Bertz CT molecular complexity index is 1350. The second-order valence-corrected chi connectivity index (χ2v) is 8.06. The Kier molecular flexibility index (Phi) is 7.27. The van der Waals surface area contributed by atoms with Gasteiger partial charge in [0.15, 0.2) is 5.78 Å². The van der Waals surface area contributed by atoms with E-state index in [9.17, 15) is 22.8 Å². The SMILES string of the molecule is O=C(CNCc1c(C(F)(F)F)cc(-c2ccccc2)n(Cc2ccccc2)c1=O)c1ccccc1. The summed E-state index contributed by atoms with van der Waals surface area (Å²) in [6.07, 6.45) is -4.74. The number of Topliss-reactive ketones (excluding diaryl/α,β-unsaturated/α-hetero) is 1. The molecule has 0 spiro atoms. The fourth-order valence-corrected chi connectivity index (χ4v) is 3.91. The lowest BCUT2D eigenvalue weighted by Crippen LogP contribution is -2.34. The number of carbonyl (C=O) groups excluding carboxylic acids is 1. The van der Waals surface area contributed by atoms with Crippen LogP contribution in [0.2, 0.25) is 0 Å². The highest BCUT2D eigenvalue weighted by Gasteiger charge is 2.36. The van der Waals surface area contributed by atoms with Crippen LogP contribution in [0.4, 0.5) is 13.2 Å². The molecule has 0 fully saturated rings. The normalized spacial score (nSPS) is 11.4. The lowest BCUT2D eigenvalue weighted by atomic mass is 10.0. The molecule has 0 saturated carbocycles. The van der Waals surface area contributed by atoms with Crippen LogP contribution in [-0.4, -0.2) is 16.9 Å². The zero-order valence-corrected chi connectivity index (χ0v) is 18.8. The number of carbonyl (C=O) groups is 1. The molecule has 0 atom stereocenters. The number of hydrogen-bond donors (Lipinski definition) is 1. The van der Waals surface area contributed by atoms with Crippen molar-refractivity contribution in [2.75, 3.05) is 6.54 Å². The Hall–Kier alpha value is -3.97. The van der Waals surface area contributed by atoms with Crippen molar-refractivity contribution >= 4 is 5.78 Å². The average Bonchev–Trinajstić information content (AvgIpc) is 2.87. The molecule has 0 bridgehead atoms. The molecule has 1 heterocycles. The molecular weight excluding hydrogens is 453 g/mol. The second kappa shape index (κ2) is 10.5.